The second kappa shape index (κ2) is 11.3. The summed E-state index contributed by atoms with van der Waals surface area (Å²) in [5.74, 6) is -0.0323. The third-order valence-electron chi connectivity index (χ3n) is 3.92. The van der Waals surface area contributed by atoms with Gasteiger partial charge in [0.25, 0.3) is 11.6 Å². The van der Waals surface area contributed by atoms with Gasteiger partial charge < -0.3 is 20.7 Å². The fraction of sp³-hybridized carbons (Fsp3) is 0.263. The number of halogens is 3. The molecule has 1 atom stereocenters. The Morgan fingerprint density at radius 3 is 2.45 bits per heavy atom. The Bertz CT molecular complexity index is 938. The van der Waals surface area contributed by atoms with Crippen LogP contribution in [0.25, 0.3) is 0 Å². The number of amides is 1. The molecule has 12 heteroatoms. The van der Waals surface area contributed by atoms with Gasteiger partial charge >= 0.3 is 0 Å². The predicted molar refractivity (Wildman–Crippen MR) is 126 cm³/mol. The summed E-state index contributed by atoms with van der Waals surface area (Å²) < 4.78 is 3.48. The Kier molecular flexibility index (Phi) is 9.12. The molecule has 8 nitrogen and oxygen atoms in total. The van der Waals surface area contributed by atoms with Gasteiger partial charge in [-0.25, -0.2) is 0 Å². The topological polar surface area (TPSA) is 106 Å². The van der Waals surface area contributed by atoms with Gasteiger partial charge in [-0.3, -0.25) is 14.9 Å². The van der Waals surface area contributed by atoms with Crippen molar-refractivity contribution in [3.05, 3.63) is 64.2 Å². The second-order valence-corrected chi connectivity index (χ2v) is 9.01. The zero-order valence-electron chi connectivity index (χ0n) is 16.2. The minimum Gasteiger partial charge on any atom is -0.484 e. The summed E-state index contributed by atoms with van der Waals surface area (Å²) in [6, 6.07) is 13.0. The van der Waals surface area contributed by atoms with E-state index in [2.05, 4.69) is 16.0 Å². The number of ether oxygens (including phenoxy) is 1. The fourth-order valence-corrected chi connectivity index (χ4v) is 2.93. The van der Waals surface area contributed by atoms with Gasteiger partial charge in [-0.05, 0) is 42.4 Å². The van der Waals surface area contributed by atoms with Crippen molar-refractivity contribution in [2.75, 3.05) is 11.9 Å². The number of rotatable bonds is 8. The average Bonchev–Trinajstić information content (AvgIpc) is 2.71. The van der Waals surface area contributed by atoms with Gasteiger partial charge in [0.15, 0.2) is 11.7 Å². The Morgan fingerprint density at radius 2 is 1.87 bits per heavy atom. The lowest BCUT2D eigenvalue weighted by atomic mass is 10.2. The molecule has 3 N–H and O–H groups in total. The molecule has 0 aliphatic rings. The number of hydrogen-bond acceptors (Lipinski definition) is 5. The molecule has 2 rings (SSSR count). The molecular weight excluding hydrogens is 487 g/mol. The van der Waals surface area contributed by atoms with Gasteiger partial charge in [0.2, 0.25) is 3.79 Å². The molecule has 2 aromatic rings. The number of carbonyl (C=O) groups excluding carboxylic acids is 1. The van der Waals surface area contributed by atoms with Crippen molar-refractivity contribution in [3.63, 3.8) is 0 Å². The minimum atomic E-state index is -1.95. The maximum atomic E-state index is 12.3. The summed E-state index contributed by atoms with van der Waals surface area (Å²) in [5, 5.41) is 18.8. The van der Waals surface area contributed by atoms with E-state index in [1.807, 2.05) is 19.1 Å². The van der Waals surface area contributed by atoms with Crippen molar-refractivity contribution in [3.8, 4) is 5.75 Å². The van der Waals surface area contributed by atoms with E-state index in [1.165, 1.54) is 18.2 Å². The predicted octanol–water partition coefficient (Wildman–Crippen LogP) is 4.34. The lowest BCUT2D eigenvalue weighted by Crippen LogP contribution is -2.56. The molecule has 0 heterocycles. The van der Waals surface area contributed by atoms with Crippen LogP contribution in [0.15, 0.2) is 48.5 Å². The van der Waals surface area contributed by atoms with E-state index >= 15 is 0 Å². The molecule has 31 heavy (non-hydrogen) atoms. The first-order chi connectivity index (χ1) is 14.6. The zero-order chi connectivity index (χ0) is 23.0. The number of thiocarbonyl (C=S) groups is 1. The molecule has 2 aromatic carbocycles. The van der Waals surface area contributed by atoms with E-state index in [1.54, 1.807) is 18.2 Å². The summed E-state index contributed by atoms with van der Waals surface area (Å²) in [5.41, 5.74) is 1.37. The number of aryl methyl sites for hydroxylation is 1. The quantitative estimate of drug-likeness (QED) is 0.161. The van der Waals surface area contributed by atoms with Crippen LogP contribution >= 0.6 is 47.0 Å². The van der Waals surface area contributed by atoms with Crippen molar-refractivity contribution in [1.82, 2.24) is 10.6 Å². The van der Waals surface area contributed by atoms with E-state index in [9.17, 15) is 14.9 Å². The van der Waals surface area contributed by atoms with E-state index in [4.69, 9.17) is 51.8 Å². The number of non-ortho nitro benzene ring substituents is 1. The molecule has 166 valence electrons. The Labute approximate surface area is 199 Å². The van der Waals surface area contributed by atoms with E-state index in [-0.39, 0.29) is 17.4 Å². The minimum absolute atomic E-state index is 0.0202. The van der Waals surface area contributed by atoms with Crippen LogP contribution in [0.3, 0.4) is 0 Å². The third-order valence-corrected chi connectivity index (χ3v) is 4.80. The Morgan fingerprint density at radius 1 is 1.19 bits per heavy atom. The zero-order valence-corrected chi connectivity index (χ0v) is 19.3. The number of nitro benzene ring substituents is 1. The van der Waals surface area contributed by atoms with Gasteiger partial charge in [-0.1, -0.05) is 59.9 Å². The number of hydrogen-bond donors (Lipinski definition) is 3. The first kappa shape index (κ1) is 24.9. The van der Waals surface area contributed by atoms with Crippen molar-refractivity contribution in [2.45, 2.75) is 23.3 Å². The lowest BCUT2D eigenvalue weighted by molar-refractivity contribution is -0.384. The van der Waals surface area contributed by atoms with Gasteiger partial charge in [0, 0.05) is 17.8 Å². The van der Waals surface area contributed by atoms with Gasteiger partial charge in [-0.2, -0.15) is 0 Å². The van der Waals surface area contributed by atoms with Crippen LogP contribution in [0.2, 0.25) is 0 Å². The highest BCUT2D eigenvalue weighted by Crippen LogP contribution is 2.29. The summed E-state index contributed by atoms with van der Waals surface area (Å²) in [4.78, 5) is 22.6. The molecule has 0 saturated heterocycles. The summed E-state index contributed by atoms with van der Waals surface area (Å²) in [6.45, 7) is 1.72. The van der Waals surface area contributed by atoms with Crippen LogP contribution in [-0.4, -0.2) is 32.5 Å². The van der Waals surface area contributed by atoms with Crippen molar-refractivity contribution < 1.29 is 14.5 Å². The number of nitrogens with one attached hydrogen (secondary N) is 3. The van der Waals surface area contributed by atoms with Gasteiger partial charge in [0.1, 0.15) is 11.9 Å². The molecule has 0 aliphatic carbocycles. The number of benzene rings is 2. The number of alkyl halides is 3. The lowest BCUT2D eigenvalue weighted by Gasteiger charge is -2.27. The number of nitrogens with zero attached hydrogens (tertiary/aromatic N) is 1. The molecule has 0 fully saturated rings. The Balaban J connectivity index is 1.94. The molecule has 0 spiro atoms. The van der Waals surface area contributed by atoms with Crippen molar-refractivity contribution >= 4 is 69.4 Å². The normalized spacial score (nSPS) is 11.9. The molecule has 0 radical (unpaired) electrons. The van der Waals surface area contributed by atoms with Crippen LogP contribution in [0.5, 0.6) is 5.75 Å². The average molecular weight is 506 g/mol. The monoisotopic (exact) mass is 504 g/mol. The number of carbonyl (C=O) groups is 1. The van der Waals surface area contributed by atoms with E-state index < -0.39 is 20.8 Å². The van der Waals surface area contributed by atoms with Gasteiger partial charge in [-0.15, -0.1) is 0 Å². The largest absolute Gasteiger partial charge is 0.484 e. The van der Waals surface area contributed by atoms with E-state index in [0.717, 1.165) is 12.0 Å². The summed E-state index contributed by atoms with van der Waals surface area (Å²) in [6.07, 6.45) is -0.309. The maximum absolute atomic E-state index is 12.3. The van der Waals surface area contributed by atoms with Crippen molar-refractivity contribution in [1.29, 1.82) is 0 Å². The molecule has 0 aliphatic heterocycles. The van der Waals surface area contributed by atoms with Crippen LogP contribution in [-0.2, 0) is 11.2 Å². The molecule has 1 amide bonds. The Hall–Kier alpha value is -2.33. The smallest absolute Gasteiger partial charge is 0.271 e. The van der Waals surface area contributed by atoms with Gasteiger partial charge in [0.05, 0.1) is 4.92 Å². The van der Waals surface area contributed by atoms with E-state index in [0.29, 0.717) is 11.4 Å². The molecule has 0 aromatic heterocycles. The van der Waals surface area contributed by atoms with Crippen LogP contribution in [0.1, 0.15) is 12.5 Å². The third kappa shape index (κ3) is 8.37. The van der Waals surface area contributed by atoms with Crippen molar-refractivity contribution in [2.24, 2.45) is 0 Å². The number of anilines is 1. The SMILES string of the molecule is CCc1ccc(OCC(=O)N[C@@H](NC(=S)Nc2cccc([N+](=O)[O-])c2)C(Cl)(Cl)Cl)cc1. The van der Waals surface area contributed by atoms with Crippen LogP contribution in [0.4, 0.5) is 11.4 Å². The first-order valence-electron chi connectivity index (χ1n) is 8.98. The second-order valence-electron chi connectivity index (χ2n) is 6.23. The maximum Gasteiger partial charge on any atom is 0.271 e. The number of nitro groups is 1. The summed E-state index contributed by atoms with van der Waals surface area (Å²) >= 11 is 23.0. The van der Waals surface area contributed by atoms with Crippen LogP contribution in [0, 0.1) is 10.1 Å². The highest BCUT2D eigenvalue weighted by Gasteiger charge is 2.34. The molecular formula is C19H19Cl3N4O4S. The molecule has 0 saturated carbocycles. The highest BCUT2D eigenvalue weighted by atomic mass is 35.6. The molecule has 0 unspecified atom stereocenters. The molecule has 0 bridgehead atoms. The first-order valence-corrected chi connectivity index (χ1v) is 10.5. The highest BCUT2D eigenvalue weighted by molar-refractivity contribution is 7.80. The standard InChI is InChI=1S/C19H19Cl3N4O4S/c1-2-12-6-8-15(9-7-12)30-11-16(27)24-17(19(20,21)22)25-18(31)23-13-4-3-5-14(10-13)26(28)29/h3-10,17H,2,11H2,1H3,(H,24,27)(H2,23,25,31)/t17-/m0/s1. The fourth-order valence-electron chi connectivity index (χ4n) is 2.37. The summed E-state index contributed by atoms with van der Waals surface area (Å²) in [7, 11) is 0. The van der Waals surface area contributed by atoms with Crippen LogP contribution < -0.4 is 20.7 Å².